The Labute approximate surface area is 179 Å². The smallest absolute Gasteiger partial charge is 0.266 e. The Morgan fingerprint density at radius 1 is 1.21 bits per heavy atom. The maximum absolute atomic E-state index is 12.7. The molecule has 0 bridgehead atoms. The van der Waals surface area contributed by atoms with Crippen LogP contribution in [0.1, 0.15) is 18.9 Å². The molecule has 0 spiro atoms. The fourth-order valence-electron chi connectivity index (χ4n) is 2.77. The number of phenols is 1. The molecule has 3 rings (SSSR count). The monoisotopic (exact) mass is 424 g/mol. The Bertz CT molecular complexity index is 1000. The molecule has 0 atom stereocenters. The second kappa shape index (κ2) is 9.54. The molecular formula is C22H20N2O3S2. The van der Waals surface area contributed by atoms with Gasteiger partial charge in [0.2, 0.25) is 5.91 Å². The van der Waals surface area contributed by atoms with E-state index >= 15 is 0 Å². The van der Waals surface area contributed by atoms with Gasteiger partial charge in [-0.05, 0) is 36.3 Å². The van der Waals surface area contributed by atoms with Crippen LogP contribution in [-0.2, 0) is 9.59 Å². The van der Waals surface area contributed by atoms with Crippen molar-refractivity contribution in [1.82, 2.24) is 4.90 Å². The average molecular weight is 425 g/mol. The van der Waals surface area contributed by atoms with Gasteiger partial charge in [0.25, 0.3) is 5.91 Å². The van der Waals surface area contributed by atoms with E-state index in [1.165, 1.54) is 28.8 Å². The molecule has 1 fully saturated rings. The standard InChI is InChI=1S/C22H20N2O3S2/c1-15(12-16-6-3-2-4-7-16)13-19-21(27)24(22(28)29-19)11-10-20(26)23-17-8-5-9-18(25)14-17/h2-9,12-14,25H,10-11H2,1H3,(H,23,26). The van der Waals surface area contributed by atoms with Gasteiger partial charge in [0, 0.05) is 24.7 Å². The number of aromatic hydroxyl groups is 1. The van der Waals surface area contributed by atoms with Crippen LogP contribution >= 0.6 is 24.0 Å². The van der Waals surface area contributed by atoms with Gasteiger partial charge in [-0.3, -0.25) is 14.5 Å². The molecule has 0 aromatic heterocycles. The number of amides is 2. The van der Waals surface area contributed by atoms with Crippen molar-refractivity contribution in [2.24, 2.45) is 0 Å². The number of nitrogens with zero attached hydrogens (tertiary/aromatic N) is 1. The SMILES string of the molecule is CC(=Cc1ccccc1)C=C1SC(=S)N(CCC(=O)Nc2cccc(O)c2)C1=O. The zero-order valence-corrected chi connectivity index (χ0v) is 17.4. The summed E-state index contributed by atoms with van der Waals surface area (Å²) in [5, 5.41) is 12.2. The van der Waals surface area contributed by atoms with E-state index in [-0.39, 0.29) is 30.5 Å². The number of hydrogen-bond acceptors (Lipinski definition) is 5. The summed E-state index contributed by atoms with van der Waals surface area (Å²) in [5.41, 5.74) is 2.50. The molecule has 1 saturated heterocycles. The lowest BCUT2D eigenvalue weighted by atomic mass is 10.1. The van der Waals surface area contributed by atoms with E-state index in [2.05, 4.69) is 5.32 Å². The Morgan fingerprint density at radius 2 is 1.97 bits per heavy atom. The summed E-state index contributed by atoms with van der Waals surface area (Å²) >= 11 is 6.56. The van der Waals surface area contributed by atoms with Crippen LogP contribution in [0.25, 0.3) is 6.08 Å². The number of thiocarbonyl (C=S) groups is 1. The van der Waals surface area contributed by atoms with Crippen molar-refractivity contribution >= 4 is 51.9 Å². The maximum Gasteiger partial charge on any atom is 0.266 e. The largest absolute Gasteiger partial charge is 0.508 e. The molecule has 1 aliphatic rings. The van der Waals surface area contributed by atoms with Crippen LogP contribution in [0.2, 0.25) is 0 Å². The zero-order valence-electron chi connectivity index (χ0n) is 15.8. The molecule has 7 heteroatoms. The van der Waals surface area contributed by atoms with Gasteiger partial charge in [-0.2, -0.15) is 0 Å². The molecule has 2 amide bonds. The van der Waals surface area contributed by atoms with Gasteiger partial charge in [-0.25, -0.2) is 0 Å². The Hall–Kier alpha value is -2.90. The molecule has 148 valence electrons. The first-order valence-corrected chi connectivity index (χ1v) is 10.2. The number of benzene rings is 2. The summed E-state index contributed by atoms with van der Waals surface area (Å²) < 4.78 is 0.443. The molecule has 0 unspecified atom stereocenters. The summed E-state index contributed by atoms with van der Waals surface area (Å²) in [6.45, 7) is 2.14. The number of phenolic OH excluding ortho intramolecular Hbond substituents is 1. The normalized spacial score (nSPS) is 15.8. The van der Waals surface area contributed by atoms with Crippen molar-refractivity contribution < 1.29 is 14.7 Å². The van der Waals surface area contributed by atoms with E-state index < -0.39 is 0 Å². The summed E-state index contributed by atoms with van der Waals surface area (Å²) in [7, 11) is 0. The van der Waals surface area contributed by atoms with Gasteiger partial charge in [0.15, 0.2) is 0 Å². The van der Waals surface area contributed by atoms with Crippen molar-refractivity contribution in [1.29, 1.82) is 0 Å². The lowest BCUT2D eigenvalue weighted by Gasteiger charge is -2.14. The summed E-state index contributed by atoms with van der Waals surface area (Å²) in [6.07, 6.45) is 3.92. The first kappa shape index (κ1) is 20.8. The summed E-state index contributed by atoms with van der Waals surface area (Å²) in [6, 6.07) is 16.2. The van der Waals surface area contributed by atoms with Crippen LogP contribution in [0.4, 0.5) is 5.69 Å². The molecule has 29 heavy (non-hydrogen) atoms. The molecule has 0 radical (unpaired) electrons. The fraction of sp³-hybridized carbons (Fsp3) is 0.136. The van der Waals surface area contributed by atoms with Gasteiger partial charge >= 0.3 is 0 Å². The Kier molecular flexibility index (Phi) is 6.85. The third-order valence-corrected chi connectivity index (χ3v) is 5.50. The van der Waals surface area contributed by atoms with Crippen LogP contribution in [0.15, 0.2) is 71.2 Å². The second-order valence-electron chi connectivity index (χ2n) is 6.48. The van der Waals surface area contributed by atoms with E-state index in [1.807, 2.05) is 49.4 Å². The van der Waals surface area contributed by atoms with Crippen molar-refractivity contribution in [3.8, 4) is 5.75 Å². The third kappa shape index (κ3) is 5.79. The van der Waals surface area contributed by atoms with Crippen molar-refractivity contribution in [2.75, 3.05) is 11.9 Å². The third-order valence-electron chi connectivity index (χ3n) is 4.12. The number of carbonyl (C=O) groups is 2. The van der Waals surface area contributed by atoms with Gasteiger partial charge in [-0.15, -0.1) is 0 Å². The maximum atomic E-state index is 12.7. The topological polar surface area (TPSA) is 69.6 Å². The molecule has 1 aliphatic heterocycles. The first-order chi connectivity index (χ1) is 13.9. The predicted octanol–water partition coefficient (Wildman–Crippen LogP) is 4.57. The quantitative estimate of drug-likeness (QED) is 0.525. The second-order valence-corrected chi connectivity index (χ2v) is 8.16. The molecule has 1 heterocycles. The Balaban J connectivity index is 1.60. The number of nitrogens with one attached hydrogen (secondary N) is 1. The highest BCUT2D eigenvalue weighted by molar-refractivity contribution is 8.26. The van der Waals surface area contributed by atoms with Crippen LogP contribution in [-0.4, -0.2) is 32.7 Å². The molecule has 2 aromatic rings. The number of allylic oxidation sites excluding steroid dienone is 2. The lowest BCUT2D eigenvalue weighted by molar-refractivity contribution is -0.122. The van der Waals surface area contributed by atoms with E-state index in [0.717, 1.165) is 11.1 Å². The summed E-state index contributed by atoms with van der Waals surface area (Å²) in [4.78, 5) is 26.8. The van der Waals surface area contributed by atoms with E-state index in [4.69, 9.17) is 12.2 Å². The molecule has 2 aromatic carbocycles. The van der Waals surface area contributed by atoms with Crippen molar-refractivity contribution in [3.05, 3.63) is 76.7 Å². The van der Waals surface area contributed by atoms with Crippen molar-refractivity contribution in [2.45, 2.75) is 13.3 Å². The minimum atomic E-state index is -0.256. The van der Waals surface area contributed by atoms with E-state index in [0.29, 0.717) is 14.9 Å². The predicted molar refractivity (Wildman–Crippen MR) is 121 cm³/mol. The van der Waals surface area contributed by atoms with Gasteiger partial charge in [0.1, 0.15) is 10.1 Å². The van der Waals surface area contributed by atoms with Crippen molar-refractivity contribution in [3.63, 3.8) is 0 Å². The number of thioether (sulfide) groups is 1. The molecule has 0 saturated carbocycles. The number of hydrogen-bond donors (Lipinski definition) is 2. The average Bonchev–Trinajstić information content (AvgIpc) is 2.93. The molecule has 0 aliphatic carbocycles. The Morgan fingerprint density at radius 3 is 2.69 bits per heavy atom. The first-order valence-electron chi connectivity index (χ1n) is 9.00. The highest BCUT2D eigenvalue weighted by Crippen LogP contribution is 2.32. The van der Waals surface area contributed by atoms with E-state index in [9.17, 15) is 14.7 Å². The fourth-order valence-corrected chi connectivity index (χ4v) is 4.13. The minimum Gasteiger partial charge on any atom is -0.508 e. The van der Waals surface area contributed by atoms with Gasteiger partial charge < -0.3 is 10.4 Å². The minimum absolute atomic E-state index is 0.0730. The zero-order chi connectivity index (χ0) is 20.8. The highest BCUT2D eigenvalue weighted by atomic mass is 32.2. The van der Waals surface area contributed by atoms with Gasteiger partial charge in [-0.1, -0.05) is 66.5 Å². The molecular weight excluding hydrogens is 404 g/mol. The number of rotatable bonds is 6. The summed E-state index contributed by atoms with van der Waals surface area (Å²) in [5.74, 6) is -0.372. The number of carbonyl (C=O) groups excluding carboxylic acids is 2. The van der Waals surface area contributed by atoms with E-state index in [1.54, 1.807) is 12.1 Å². The lowest BCUT2D eigenvalue weighted by Crippen LogP contribution is -2.31. The highest BCUT2D eigenvalue weighted by Gasteiger charge is 2.32. The molecule has 2 N–H and O–H groups in total. The molecule has 5 nitrogen and oxygen atoms in total. The number of anilines is 1. The van der Waals surface area contributed by atoms with Crippen LogP contribution in [0.3, 0.4) is 0 Å². The van der Waals surface area contributed by atoms with Crippen LogP contribution in [0, 0.1) is 0 Å². The van der Waals surface area contributed by atoms with Crippen LogP contribution in [0.5, 0.6) is 5.75 Å². The van der Waals surface area contributed by atoms with Gasteiger partial charge in [0.05, 0.1) is 4.91 Å². The van der Waals surface area contributed by atoms with Crippen LogP contribution < -0.4 is 5.32 Å².